The first-order chi connectivity index (χ1) is 9.51. The van der Waals surface area contributed by atoms with Crippen LogP contribution in [0.3, 0.4) is 0 Å². The Morgan fingerprint density at radius 3 is 2.60 bits per heavy atom. The molecule has 2 aromatic rings. The highest BCUT2D eigenvalue weighted by molar-refractivity contribution is 14.1. The van der Waals surface area contributed by atoms with Crippen LogP contribution in [0.2, 0.25) is 0 Å². The lowest BCUT2D eigenvalue weighted by Crippen LogP contribution is -2.14. The monoisotopic (exact) mass is 605 g/mol. The van der Waals surface area contributed by atoms with Gasteiger partial charge in [-0.3, -0.25) is 4.79 Å². The second kappa shape index (κ2) is 7.36. The van der Waals surface area contributed by atoms with Gasteiger partial charge in [0.2, 0.25) is 0 Å². The number of hydrogen-bond acceptors (Lipinski definition) is 2. The van der Waals surface area contributed by atoms with Gasteiger partial charge in [0.05, 0.1) is 12.2 Å². The van der Waals surface area contributed by atoms with E-state index in [-0.39, 0.29) is 12.5 Å². The summed E-state index contributed by atoms with van der Waals surface area (Å²) in [5, 5.41) is 12.0. The van der Waals surface area contributed by atoms with Crippen molar-refractivity contribution in [1.82, 2.24) is 0 Å². The fourth-order valence-electron chi connectivity index (χ4n) is 1.67. The molecule has 0 heterocycles. The molecule has 20 heavy (non-hydrogen) atoms. The molecule has 3 nitrogen and oxygen atoms in total. The molecule has 0 aliphatic heterocycles. The van der Waals surface area contributed by atoms with Crippen LogP contribution < -0.4 is 5.32 Å². The molecular formula is C14H10I3NO2. The zero-order valence-electron chi connectivity index (χ0n) is 10.2. The minimum Gasteiger partial charge on any atom is -0.392 e. The molecule has 0 radical (unpaired) electrons. The second-order valence-electron chi connectivity index (χ2n) is 4.06. The first-order valence-electron chi connectivity index (χ1n) is 5.67. The van der Waals surface area contributed by atoms with Crippen LogP contribution in [0, 0.1) is 10.7 Å². The number of carbonyl (C=O) groups excluding carboxylic acids is 1. The first kappa shape index (κ1) is 16.4. The van der Waals surface area contributed by atoms with Crippen molar-refractivity contribution in [3.05, 3.63) is 58.2 Å². The van der Waals surface area contributed by atoms with Crippen LogP contribution in [-0.2, 0) is 6.61 Å². The quantitative estimate of drug-likeness (QED) is 0.407. The molecule has 0 saturated carbocycles. The molecule has 2 aromatic carbocycles. The Morgan fingerprint density at radius 1 is 1.15 bits per heavy atom. The molecule has 0 atom stereocenters. The molecule has 0 unspecified atom stereocenters. The van der Waals surface area contributed by atoms with Gasteiger partial charge in [-0.15, -0.1) is 0 Å². The van der Waals surface area contributed by atoms with Crippen molar-refractivity contribution < 1.29 is 9.90 Å². The zero-order valence-corrected chi connectivity index (χ0v) is 16.6. The lowest BCUT2D eigenvalue weighted by molar-refractivity contribution is 0.102. The minimum atomic E-state index is -0.138. The summed E-state index contributed by atoms with van der Waals surface area (Å²) in [5.74, 6) is -0.138. The van der Waals surface area contributed by atoms with Crippen LogP contribution in [0.25, 0.3) is 0 Å². The summed E-state index contributed by atoms with van der Waals surface area (Å²) >= 11 is 6.61. The summed E-state index contributed by atoms with van der Waals surface area (Å²) < 4.78 is 3.03. The summed E-state index contributed by atoms with van der Waals surface area (Å²) in [6, 6.07) is 11.1. The van der Waals surface area contributed by atoms with E-state index in [0.717, 1.165) is 16.3 Å². The molecule has 2 N–H and O–H groups in total. The summed E-state index contributed by atoms with van der Waals surface area (Å²) in [6.07, 6.45) is 0. The average Bonchev–Trinajstić information content (AvgIpc) is 2.43. The highest BCUT2D eigenvalue weighted by atomic mass is 127. The molecule has 6 heteroatoms. The Bertz CT molecular complexity index is 659. The van der Waals surface area contributed by atoms with Gasteiger partial charge < -0.3 is 10.4 Å². The van der Waals surface area contributed by atoms with Crippen LogP contribution in [0.1, 0.15) is 15.9 Å². The van der Waals surface area contributed by atoms with E-state index in [1.807, 2.05) is 30.3 Å². The van der Waals surface area contributed by atoms with E-state index in [4.69, 9.17) is 5.11 Å². The average molecular weight is 605 g/mol. The molecule has 104 valence electrons. The summed E-state index contributed by atoms with van der Waals surface area (Å²) in [5.41, 5.74) is 2.12. The van der Waals surface area contributed by atoms with Gasteiger partial charge in [0.1, 0.15) is 0 Å². The van der Waals surface area contributed by atoms with Crippen LogP contribution in [0.5, 0.6) is 0 Å². The Balaban J connectivity index is 2.28. The van der Waals surface area contributed by atoms with Crippen molar-refractivity contribution in [3.63, 3.8) is 0 Å². The van der Waals surface area contributed by atoms with Crippen LogP contribution in [0.4, 0.5) is 5.69 Å². The number of carbonyl (C=O) groups is 1. The number of amides is 1. The van der Waals surface area contributed by atoms with Crippen molar-refractivity contribution >= 4 is 79.4 Å². The molecule has 0 spiro atoms. The lowest BCUT2D eigenvalue weighted by Gasteiger charge is -2.09. The predicted octanol–water partition coefficient (Wildman–Crippen LogP) is 4.25. The zero-order chi connectivity index (χ0) is 14.7. The largest absolute Gasteiger partial charge is 0.392 e. The number of benzene rings is 2. The molecule has 2 rings (SSSR count). The van der Waals surface area contributed by atoms with Gasteiger partial charge in [-0.1, -0.05) is 12.1 Å². The number of aliphatic hydroxyl groups is 1. The third kappa shape index (κ3) is 4.04. The smallest absolute Gasteiger partial charge is 0.256 e. The Hall–Kier alpha value is 0.0600. The Labute approximate surface area is 158 Å². The first-order valence-corrected chi connectivity index (χ1v) is 8.90. The second-order valence-corrected chi connectivity index (χ2v) is 7.55. The number of halogens is 3. The summed E-state index contributed by atoms with van der Waals surface area (Å²) in [7, 11) is 0. The molecule has 0 aliphatic rings. The normalized spacial score (nSPS) is 10.4. The van der Waals surface area contributed by atoms with Crippen LogP contribution >= 0.6 is 67.8 Å². The Kier molecular flexibility index (Phi) is 6.05. The third-order valence-electron chi connectivity index (χ3n) is 2.61. The van der Waals surface area contributed by atoms with E-state index < -0.39 is 0 Å². The van der Waals surface area contributed by atoms with Crippen LogP contribution in [-0.4, -0.2) is 11.0 Å². The predicted molar refractivity (Wildman–Crippen MR) is 105 cm³/mol. The molecule has 1 amide bonds. The molecule has 0 aliphatic carbocycles. The maximum Gasteiger partial charge on any atom is 0.256 e. The van der Waals surface area contributed by atoms with Gasteiger partial charge in [-0.2, -0.15) is 0 Å². The van der Waals surface area contributed by atoms with Crippen molar-refractivity contribution in [2.24, 2.45) is 0 Å². The molecule has 0 bridgehead atoms. The SMILES string of the molecule is O=C(Nc1cccc(CO)c1)c1cc(I)cc(I)c1I. The standard InChI is InChI=1S/C14H10I3NO2/c15-9-5-11(13(17)12(16)6-9)14(20)18-10-3-1-2-8(4-10)7-19/h1-6,19H,7H2,(H,18,20). The topological polar surface area (TPSA) is 49.3 Å². The van der Waals surface area contributed by atoms with Gasteiger partial charge in [0.15, 0.2) is 0 Å². The van der Waals surface area contributed by atoms with E-state index in [1.54, 1.807) is 6.07 Å². The van der Waals surface area contributed by atoms with Crippen molar-refractivity contribution in [2.75, 3.05) is 5.32 Å². The number of nitrogens with one attached hydrogen (secondary N) is 1. The van der Waals surface area contributed by atoms with Gasteiger partial charge in [-0.05, 0) is 97.6 Å². The van der Waals surface area contributed by atoms with Crippen LogP contribution in [0.15, 0.2) is 36.4 Å². The van der Waals surface area contributed by atoms with E-state index in [0.29, 0.717) is 11.3 Å². The van der Waals surface area contributed by atoms with E-state index in [2.05, 4.69) is 73.1 Å². The molecule has 0 fully saturated rings. The molecule has 0 saturated heterocycles. The summed E-state index contributed by atoms with van der Waals surface area (Å²) in [4.78, 5) is 12.4. The van der Waals surface area contributed by atoms with E-state index in [1.165, 1.54) is 0 Å². The highest BCUT2D eigenvalue weighted by Crippen LogP contribution is 2.24. The fraction of sp³-hybridized carbons (Fsp3) is 0.0714. The van der Waals surface area contributed by atoms with Gasteiger partial charge in [0.25, 0.3) is 5.91 Å². The van der Waals surface area contributed by atoms with Gasteiger partial charge in [0, 0.05) is 16.4 Å². The summed E-state index contributed by atoms with van der Waals surface area (Å²) in [6.45, 7) is -0.0393. The van der Waals surface area contributed by atoms with E-state index >= 15 is 0 Å². The van der Waals surface area contributed by atoms with Crippen molar-refractivity contribution in [3.8, 4) is 0 Å². The lowest BCUT2D eigenvalue weighted by atomic mass is 10.2. The number of rotatable bonds is 3. The Morgan fingerprint density at radius 2 is 1.90 bits per heavy atom. The minimum absolute atomic E-state index is 0.0393. The number of anilines is 1. The third-order valence-corrected chi connectivity index (χ3v) is 6.27. The number of aliphatic hydroxyl groups excluding tert-OH is 1. The van der Waals surface area contributed by atoms with Crippen molar-refractivity contribution in [2.45, 2.75) is 6.61 Å². The maximum absolute atomic E-state index is 12.4. The molecule has 0 aromatic heterocycles. The highest BCUT2D eigenvalue weighted by Gasteiger charge is 2.14. The maximum atomic E-state index is 12.4. The molecular weight excluding hydrogens is 595 g/mol. The van der Waals surface area contributed by atoms with Crippen molar-refractivity contribution in [1.29, 1.82) is 0 Å². The van der Waals surface area contributed by atoms with E-state index in [9.17, 15) is 4.79 Å². The van der Waals surface area contributed by atoms with Gasteiger partial charge in [-0.25, -0.2) is 0 Å². The fourth-order valence-corrected chi connectivity index (χ4v) is 4.07. The van der Waals surface area contributed by atoms with Gasteiger partial charge >= 0.3 is 0 Å². The number of hydrogen-bond donors (Lipinski definition) is 2.